The minimum atomic E-state index is -1.18. The Balaban J connectivity index is 1.75. The van der Waals surface area contributed by atoms with Crippen LogP contribution in [0.4, 0.5) is 5.13 Å². The number of carboxylic acids is 1. The molecule has 0 spiro atoms. The second kappa shape index (κ2) is 6.72. The molecule has 12 heteroatoms. The molecule has 10 nitrogen and oxygen atoms in total. The first-order valence-electron chi connectivity index (χ1n) is 6.95. The van der Waals surface area contributed by atoms with Gasteiger partial charge in [-0.05, 0) is 6.08 Å². The molecule has 0 radical (unpaired) electrons. The smallest absolute Gasteiger partial charge is 0.352 e. The third-order valence-corrected chi connectivity index (χ3v) is 5.37. The number of thioether (sulfide) groups is 1. The number of aliphatic carboxylic acids is 1. The number of nitrogens with two attached hydrogens (primary N) is 1. The van der Waals surface area contributed by atoms with Crippen LogP contribution in [0.25, 0.3) is 0 Å². The first kappa shape index (κ1) is 17.2. The number of hydrogen-bond acceptors (Lipinski definition) is 9. The molecule has 0 aromatic carbocycles. The van der Waals surface area contributed by atoms with E-state index in [2.05, 4.69) is 20.3 Å². The van der Waals surface area contributed by atoms with Crippen LogP contribution in [0.15, 0.2) is 22.3 Å². The number of oxime groups is 1. The van der Waals surface area contributed by atoms with Gasteiger partial charge in [0.1, 0.15) is 29.9 Å². The largest absolute Gasteiger partial charge is 0.477 e. The van der Waals surface area contributed by atoms with Crippen LogP contribution in [0.3, 0.4) is 0 Å². The van der Waals surface area contributed by atoms with Crippen LogP contribution < -0.4 is 11.1 Å². The van der Waals surface area contributed by atoms with Crippen molar-refractivity contribution in [3.63, 3.8) is 0 Å². The van der Waals surface area contributed by atoms with E-state index in [0.717, 1.165) is 16.2 Å². The number of fused-ring (bicyclic) bond motifs is 1. The number of β-lactam (4-membered cyclic amide) rings is 1. The van der Waals surface area contributed by atoms with Crippen molar-refractivity contribution in [3.8, 4) is 0 Å². The van der Waals surface area contributed by atoms with Crippen molar-refractivity contribution in [2.24, 2.45) is 5.16 Å². The van der Waals surface area contributed by atoms with Crippen LogP contribution in [0.5, 0.6) is 0 Å². The Morgan fingerprint density at radius 1 is 1.56 bits per heavy atom. The van der Waals surface area contributed by atoms with Crippen molar-refractivity contribution in [3.05, 3.63) is 22.8 Å². The van der Waals surface area contributed by atoms with Crippen molar-refractivity contribution in [2.75, 3.05) is 18.6 Å². The standard InChI is InChI=1S/C13H13N5O5S2/c1-23-17-7(5-4-25-13(14)15-5)9(19)16-8-10(20)18-6(12(21)22)2-3-24-11(8)18/h2,4,8,11H,3H2,1H3,(H2,14,15)(H,16,19)(H,21,22)/t8?,11-/m0/s1. The third kappa shape index (κ3) is 3.05. The van der Waals surface area contributed by atoms with Crippen molar-refractivity contribution >= 4 is 51.7 Å². The Morgan fingerprint density at radius 3 is 2.92 bits per heavy atom. The molecule has 4 N–H and O–H groups in total. The van der Waals surface area contributed by atoms with Crippen molar-refractivity contribution in [2.45, 2.75) is 11.4 Å². The third-order valence-electron chi connectivity index (χ3n) is 3.51. The molecule has 1 unspecified atom stereocenters. The fraction of sp³-hybridized carbons (Fsp3) is 0.308. The summed E-state index contributed by atoms with van der Waals surface area (Å²) >= 11 is 2.49. The molecule has 3 rings (SSSR count). The van der Waals surface area contributed by atoms with E-state index < -0.39 is 29.2 Å². The van der Waals surface area contributed by atoms with Gasteiger partial charge in [-0.1, -0.05) is 5.16 Å². The van der Waals surface area contributed by atoms with Gasteiger partial charge in [-0.15, -0.1) is 23.1 Å². The lowest BCUT2D eigenvalue weighted by Gasteiger charge is -2.48. The van der Waals surface area contributed by atoms with Gasteiger partial charge in [-0.25, -0.2) is 9.78 Å². The second-order valence-corrected chi connectivity index (χ2v) is 7.01. The number of nitrogen functional groups attached to an aromatic ring is 1. The predicted molar refractivity (Wildman–Crippen MR) is 90.8 cm³/mol. The Morgan fingerprint density at radius 2 is 2.32 bits per heavy atom. The minimum absolute atomic E-state index is 0.0719. The highest BCUT2D eigenvalue weighted by Gasteiger charge is 2.53. The van der Waals surface area contributed by atoms with Crippen molar-refractivity contribution < 1.29 is 24.3 Å². The Hall–Kier alpha value is -2.60. The molecular weight excluding hydrogens is 370 g/mol. The number of aromatic nitrogens is 1. The maximum atomic E-state index is 12.5. The number of carboxylic acid groups (broad SMARTS) is 1. The maximum Gasteiger partial charge on any atom is 0.352 e. The van der Waals surface area contributed by atoms with Crippen molar-refractivity contribution in [1.29, 1.82) is 0 Å². The first-order valence-corrected chi connectivity index (χ1v) is 8.88. The summed E-state index contributed by atoms with van der Waals surface area (Å²) in [4.78, 5) is 45.7. The highest BCUT2D eigenvalue weighted by Crippen LogP contribution is 2.37. The van der Waals surface area contributed by atoms with E-state index in [1.54, 1.807) is 5.38 Å². The number of hydrogen-bond donors (Lipinski definition) is 3. The van der Waals surface area contributed by atoms with Gasteiger partial charge in [0.2, 0.25) is 0 Å². The second-order valence-electron chi connectivity index (χ2n) is 4.97. The van der Waals surface area contributed by atoms with E-state index in [4.69, 9.17) is 10.8 Å². The number of nitrogens with one attached hydrogen (secondary N) is 1. The van der Waals surface area contributed by atoms with Gasteiger partial charge in [0.25, 0.3) is 11.8 Å². The first-order chi connectivity index (χ1) is 11.9. The quantitative estimate of drug-likeness (QED) is 0.348. The molecule has 1 aromatic heterocycles. The van der Waals surface area contributed by atoms with Gasteiger partial charge < -0.3 is 21.0 Å². The molecule has 2 aliphatic heterocycles. The fourth-order valence-electron chi connectivity index (χ4n) is 2.44. The van der Waals surface area contributed by atoms with Gasteiger partial charge in [-0.3, -0.25) is 14.5 Å². The zero-order valence-corrected chi connectivity index (χ0v) is 14.5. The summed E-state index contributed by atoms with van der Waals surface area (Å²) in [6.45, 7) is 0. The van der Waals surface area contributed by atoms with E-state index in [-0.39, 0.29) is 22.2 Å². The lowest BCUT2D eigenvalue weighted by molar-refractivity contribution is -0.150. The molecular formula is C13H13N5O5S2. The molecule has 2 amide bonds. The average molecular weight is 383 g/mol. The lowest BCUT2D eigenvalue weighted by atomic mass is 10.0. The van der Waals surface area contributed by atoms with Crippen LogP contribution in [0.2, 0.25) is 0 Å². The summed E-state index contributed by atoms with van der Waals surface area (Å²) in [6.07, 6.45) is 1.47. The van der Waals surface area contributed by atoms with E-state index in [1.165, 1.54) is 24.9 Å². The van der Waals surface area contributed by atoms with Crippen molar-refractivity contribution in [1.82, 2.24) is 15.2 Å². The number of anilines is 1. The lowest BCUT2D eigenvalue weighted by Crippen LogP contribution is -2.70. The summed E-state index contributed by atoms with van der Waals surface area (Å²) in [5.74, 6) is -1.89. The zero-order chi connectivity index (χ0) is 18.1. The summed E-state index contributed by atoms with van der Waals surface area (Å²) in [5.41, 5.74) is 5.60. The number of carbonyl (C=O) groups excluding carboxylic acids is 2. The van der Waals surface area contributed by atoms with Gasteiger partial charge in [0.05, 0.1) is 0 Å². The Kier molecular flexibility index (Phi) is 4.63. The van der Waals surface area contributed by atoms with Gasteiger partial charge in [-0.2, -0.15) is 0 Å². The molecule has 1 saturated heterocycles. The zero-order valence-electron chi connectivity index (χ0n) is 12.8. The molecule has 25 heavy (non-hydrogen) atoms. The van der Waals surface area contributed by atoms with E-state index in [0.29, 0.717) is 5.75 Å². The fourth-order valence-corrected chi connectivity index (χ4v) is 4.18. The molecule has 2 aliphatic rings. The van der Waals surface area contributed by atoms with Crippen LogP contribution >= 0.6 is 23.1 Å². The van der Waals surface area contributed by atoms with E-state index >= 15 is 0 Å². The molecule has 0 bridgehead atoms. The Bertz CT molecular complexity index is 804. The summed E-state index contributed by atoms with van der Waals surface area (Å²) in [5, 5.41) is 16.7. The molecule has 0 aliphatic carbocycles. The predicted octanol–water partition coefficient (Wildman–Crippen LogP) is -0.556. The summed E-state index contributed by atoms with van der Waals surface area (Å²) in [6, 6.07) is -0.849. The average Bonchev–Trinajstić information content (AvgIpc) is 3.02. The highest BCUT2D eigenvalue weighted by molar-refractivity contribution is 8.00. The summed E-state index contributed by atoms with van der Waals surface area (Å²) in [7, 11) is 1.28. The number of carbonyl (C=O) groups is 3. The van der Waals surface area contributed by atoms with E-state index in [1.807, 2.05) is 0 Å². The number of nitrogens with zero attached hydrogens (tertiary/aromatic N) is 3. The van der Waals surface area contributed by atoms with Crippen LogP contribution in [-0.2, 0) is 19.2 Å². The van der Waals surface area contributed by atoms with Crippen LogP contribution in [0.1, 0.15) is 5.69 Å². The Labute approximate surface area is 149 Å². The van der Waals surface area contributed by atoms with Crippen LogP contribution in [-0.4, -0.2) is 62.8 Å². The molecule has 132 valence electrons. The highest BCUT2D eigenvalue weighted by atomic mass is 32.2. The monoisotopic (exact) mass is 383 g/mol. The van der Waals surface area contributed by atoms with Gasteiger partial charge in [0.15, 0.2) is 10.8 Å². The number of thiazole rings is 1. The van der Waals surface area contributed by atoms with Gasteiger partial charge >= 0.3 is 5.97 Å². The SMILES string of the molecule is CON=C(C(=O)NC1C(=O)N2C(C(=O)O)=CCS[C@@H]12)c1csc(N)n1. The van der Waals surface area contributed by atoms with Gasteiger partial charge in [0, 0.05) is 11.1 Å². The van der Waals surface area contributed by atoms with Crippen LogP contribution in [0, 0.1) is 0 Å². The molecule has 2 atom stereocenters. The minimum Gasteiger partial charge on any atom is -0.477 e. The number of rotatable bonds is 5. The number of amides is 2. The topological polar surface area (TPSA) is 147 Å². The molecule has 0 saturated carbocycles. The molecule has 1 aromatic rings. The van der Waals surface area contributed by atoms with E-state index in [9.17, 15) is 14.4 Å². The normalized spacial score (nSPS) is 22.6. The maximum absolute atomic E-state index is 12.5. The summed E-state index contributed by atoms with van der Waals surface area (Å²) < 4.78 is 0. The molecule has 3 heterocycles. The molecule has 1 fully saturated rings.